The number of methoxy groups -OCH3 is 4. The molecule has 2 aromatic carbocycles. The molecule has 2 rings (SSSR count). The van der Waals surface area contributed by atoms with Gasteiger partial charge in [-0.1, -0.05) is 31.9 Å². The van der Waals surface area contributed by atoms with Gasteiger partial charge in [-0.3, -0.25) is 0 Å². The fourth-order valence-electron chi connectivity index (χ4n) is 2.00. The molecule has 0 atom stereocenters. The zero-order chi connectivity index (χ0) is 17.0. The number of halogens is 2. The number of rotatable bonds is 6. The van der Waals surface area contributed by atoms with Crippen LogP contribution < -0.4 is 23.7 Å². The van der Waals surface area contributed by atoms with Crippen molar-refractivity contribution in [2.24, 2.45) is 0 Å². The van der Waals surface area contributed by atoms with Gasteiger partial charge in [0.25, 0.3) is 0 Å². The first kappa shape index (κ1) is 17.7. The summed E-state index contributed by atoms with van der Waals surface area (Å²) in [6, 6.07) is 7.15. The molecule has 0 bridgehead atoms. The van der Waals surface area contributed by atoms with Crippen molar-refractivity contribution in [1.82, 2.24) is 0 Å². The summed E-state index contributed by atoms with van der Waals surface area (Å²) >= 11 is 6.82. The smallest absolute Gasteiger partial charge is 0.211 e. The van der Waals surface area contributed by atoms with E-state index < -0.39 is 0 Å². The predicted molar refractivity (Wildman–Crippen MR) is 94.6 cm³/mol. The first-order valence-electron chi connectivity index (χ1n) is 6.55. The molecule has 0 unspecified atom stereocenters. The molecule has 0 aliphatic rings. The van der Waals surface area contributed by atoms with Gasteiger partial charge in [0.05, 0.1) is 28.4 Å². The molecule has 0 radical (unpaired) electrons. The van der Waals surface area contributed by atoms with Gasteiger partial charge in [-0.2, -0.15) is 0 Å². The van der Waals surface area contributed by atoms with E-state index in [1.54, 1.807) is 52.7 Å². The highest BCUT2D eigenvalue weighted by molar-refractivity contribution is 9.10. The van der Waals surface area contributed by atoms with Crippen LogP contribution in [0.2, 0.25) is 0 Å². The molecule has 0 aliphatic heterocycles. The van der Waals surface area contributed by atoms with Gasteiger partial charge in [0, 0.05) is 8.95 Å². The summed E-state index contributed by atoms with van der Waals surface area (Å²) < 4.78 is 29.2. The standard InChI is InChI=1S/C16H16Br2O5/c1-19-11-5-9(17)6-12(20-2)15(11)23-16-13(21-3)7-10(18)8-14(16)22-4/h5-8H,1-4H3. The minimum Gasteiger partial charge on any atom is -0.493 e. The molecule has 0 saturated carbocycles. The summed E-state index contributed by atoms with van der Waals surface area (Å²) in [5, 5.41) is 0. The Hall–Kier alpha value is -1.60. The molecule has 0 aliphatic carbocycles. The Morgan fingerprint density at radius 3 is 1.04 bits per heavy atom. The van der Waals surface area contributed by atoms with E-state index in [0.29, 0.717) is 34.5 Å². The maximum absolute atomic E-state index is 6.03. The van der Waals surface area contributed by atoms with Gasteiger partial charge in [0.1, 0.15) is 0 Å². The molecule has 23 heavy (non-hydrogen) atoms. The van der Waals surface area contributed by atoms with Crippen LogP contribution >= 0.6 is 31.9 Å². The zero-order valence-corrected chi connectivity index (χ0v) is 16.3. The SMILES string of the molecule is COc1cc(Br)cc(OC)c1Oc1c(OC)cc(Br)cc1OC. The van der Waals surface area contributed by atoms with Gasteiger partial charge < -0.3 is 23.7 Å². The molecular formula is C16H16Br2O5. The topological polar surface area (TPSA) is 46.2 Å². The Morgan fingerprint density at radius 2 is 0.826 bits per heavy atom. The van der Waals surface area contributed by atoms with E-state index in [0.717, 1.165) is 8.95 Å². The second kappa shape index (κ2) is 7.79. The van der Waals surface area contributed by atoms with Gasteiger partial charge in [-0.15, -0.1) is 0 Å². The molecule has 7 heteroatoms. The summed E-state index contributed by atoms with van der Waals surface area (Å²) in [4.78, 5) is 0. The van der Waals surface area contributed by atoms with Crippen LogP contribution in [0, 0.1) is 0 Å². The van der Waals surface area contributed by atoms with Crippen molar-refractivity contribution in [2.45, 2.75) is 0 Å². The minimum atomic E-state index is 0.428. The predicted octanol–water partition coefficient (Wildman–Crippen LogP) is 5.04. The van der Waals surface area contributed by atoms with E-state index in [-0.39, 0.29) is 0 Å². The summed E-state index contributed by atoms with van der Waals surface area (Å²) in [6.07, 6.45) is 0. The number of ether oxygens (including phenoxy) is 5. The van der Waals surface area contributed by atoms with Crippen LogP contribution in [0.15, 0.2) is 33.2 Å². The second-order valence-electron chi connectivity index (χ2n) is 4.38. The molecular weight excluding hydrogens is 432 g/mol. The van der Waals surface area contributed by atoms with Crippen molar-refractivity contribution in [1.29, 1.82) is 0 Å². The summed E-state index contributed by atoms with van der Waals surface area (Å²) in [7, 11) is 6.24. The number of hydrogen-bond donors (Lipinski definition) is 0. The number of hydrogen-bond acceptors (Lipinski definition) is 5. The van der Waals surface area contributed by atoms with E-state index in [2.05, 4.69) is 31.9 Å². The molecule has 0 aromatic heterocycles. The van der Waals surface area contributed by atoms with Crippen LogP contribution in [0.25, 0.3) is 0 Å². The van der Waals surface area contributed by atoms with Gasteiger partial charge in [-0.05, 0) is 24.3 Å². The molecule has 0 heterocycles. The van der Waals surface area contributed by atoms with Crippen molar-refractivity contribution >= 4 is 31.9 Å². The Balaban J connectivity index is 2.59. The normalized spacial score (nSPS) is 10.2. The van der Waals surface area contributed by atoms with Crippen molar-refractivity contribution < 1.29 is 23.7 Å². The average Bonchev–Trinajstić information content (AvgIpc) is 2.56. The fraction of sp³-hybridized carbons (Fsp3) is 0.250. The lowest BCUT2D eigenvalue weighted by Gasteiger charge is -2.18. The minimum absolute atomic E-state index is 0.428. The summed E-state index contributed by atoms with van der Waals surface area (Å²) in [5.41, 5.74) is 0. The van der Waals surface area contributed by atoms with Gasteiger partial charge >= 0.3 is 0 Å². The van der Waals surface area contributed by atoms with Crippen molar-refractivity contribution in [3.8, 4) is 34.5 Å². The first-order chi connectivity index (χ1) is 11.0. The van der Waals surface area contributed by atoms with E-state index in [9.17, 15) is 0 Å². The molecule has 0 saturated heterocycles. The zero-order valence-electron chi connectivity index (χ0n) is 13.1. The van der Waals surface area contributed by atoms with Crippen molar-refractivity contribution in [3.05, 3.63) is 33.2 Å². The molecule has 5 nitrogen and oxygen atoms in total. The van der Waals surface area contributed by atoms with Crippen LogP contribution in [0.3, 0.4) is 0 Å². The Kier molecular flexibility index (Phi) is 6.01. The third kappa shape index (κ3) is 3.84. The molecule has 124 valence electrons. The Bertz CT molecular complexity index is 593. The summed E-state index contributed by atoms with van der Waals surface area (Å²) in [6.45, 7) is 0. The third-order valence-corrected chi connectivity index (χ3v) is 3.97. The molecule has 2 aromatic rings. The molecule has 0 amide bonds. The molecule has 0 N–H and O–H groups in total. The summed E-state index contributed by atoms with van der Waals surface area (Å²) in [5.74, 6) is 2.92. The van der Waals surface area contributed by atoms with E-state index in [1.807, 2.05) is 0 Å². The highest BCUT2D eigenvalue weighted by Crippen LogP contribution is 2.48. The first-order valence-corrected chi connectivity index (χ1v) is 8.13. The quantitative estimate of drug-likeness (QED) is 0.620. The maximum Gasteiger partial charge on any atom is 0.211 e. The van der Waals surface area contributed by atoms with Gasteiger partial charge in [-0.25, -0.2) is 0 Å². The lowest BCUT2D eigenvalue weighted by atomic mass is 10.2. The largest absolute Gasteiger partial charge is 0.493 e. The van der Waals surface area contributed by atoms with Crippen LogP contribution in [-0.4, -0.2) is 28.4 Å². The van der Waals surface area contributed by atoms with Crippen LogP contribution in [0.4, 0.5) is 0 Å². The monoisotopic (exact) mass is 446 g/mol. The highest BCUT2D eigenvalue weighted by atomic mass is 79.9. The lowest BCUT2D eigenvalue weighted by molar-refractivity contribution is 0.316. The Morgan fingerprint density at radius 1 is 0.565 bits per heavy atom. The van der Waals surface area contributed by atoms with Gasteiger partial charge in [0.2, 0.25) is 11.5 Å². The molecule has 0 spiro atoms. The highest BCUT2D eigenvalue weighted by Gasteiger charge is 2.20. The van der Waals surface area contributed by atoms with E-state index >= 15 is 0 Å². The Labute approximate surface area is 151 Å². The molecule has 0 fully saturated rings. The van der Waals surface area contributed by atoms with E-state index in [4.69, 9.17) is 23.7 Å². The third-order valence-electron chi connectivity index (χ3n) is 3.05. The second-order valence-corrected chi connectivity index (χ2v) is 6.21. The lowest BCUT2D eigenvalue weighted by Crippen LogP contribution is -1.98. The van der Waals surface area contributed by atoms with Gasteiger partial charge in [0.15, 0.2) is 23.0 Å². The van der Waals surface area contributed by atoms with Crippen LogP contribution in [0.5, 0.6) is 34.5 Å². The fourth-order valence-corrected chi connectivity index (χ4v) is 2.83. The van der Waals surface area contributed by atoms with Crippen LogP contribution in [-0.2, 0) is 0 Å². The van der Waals surface area contributed by atoms with Crippen molar-refractivity contribution in [3.63, 3.8) is 0 Å². The van der Waals surface area contributed by atoms with E-state index in [1.165, 1.54) is 0 Å². The van der Waals surface area contributed by atoms with Crippen LogP contribution in [0.1, 0.15) is 0 Å². The number of benzene rings is 2. The average molecular weight is 448 g/mol. The maximum atomic E-state index is 6.03. The van der Waals surface area contributed by atoms with Crippen molar-refractivity contribution in [2.75, 3.05) is 28.4 Å².